The molecule has 0 atom stereocenters. The maximum atomic E-state index is 5.84. The van der Waals surface area contributed by atoms with E-state index in [2.05, 4.69) is 51.4 Å². The second-order valence-electron chi connectivity index (χ2n) is 4.65. The summed E-state index contributed by atoms with van der Waals surface area (Å²) in [7, 11) is 0. The Morgan fingerprint density at radius 2 is 2.00 bits per heavy atom. The summed E-state index contributed by atoms with van der Waals surface area (Å²) in [6.45, 7) is 3.56. The largest absolute Gasteiger partial charge is 0.383 e. The first kappa shape index (κ1) is 15.0. The first-order chi connectivity index (χ1) is 10.3. The third-order valence-electron chi connectivity index (χ3n) is 3.15. The van der Waals surface area contributed by atoms with Crippen molar-refractivity contribution in [1.82, 2.24) is 15.3 Å². The van der Waals surface area contributed by atoms with Gasteiger partial charge in [-0.1, -0.05) is 49.1 Å². The molecule has 108 valence electrons. The van der Waals surface area contributed by atoms with Gasteiger partial charge in [0, 0.05) is 6.54 Å². The summed E-state index contributed by atoms with van der Waals surface area (Å²) >= 11 is 0. The SMILES string of the molecule is CCc1ncnc(N)c1C#CCNCCc1ccccc1. The molecule has 0 aliphatic heterocycles. The van der Waals surface area contributed by atoms with E-state index in [1.165, 1.54) is 11.9 Å². The van der Waals surface area contributed by atoms with Crippen LogP contribution in [0, 0.1) is 11.8 Å². The Labute approximate surface area is 125 Å². The predicted molar refractivity (Wildman–Crippen MR) is 85.7 cm³/mol. The topological polar surface area (TPSA) is 63.8 Å². The average Bonchev–Trinajstić information content (AvgIpc) is 2.52. The van der Waals surface area contributed by atoms with E-state index >= 15 is 0 Å². The Morgan fingerprint density at radius 3 is 2.76 bits per heavy atom. The minimum atomic E-state index is 0.457. The summed E-state index contributed by atoms with van der Waals surface area (Å²) in [6.07, 6.45) is 3.29. The molecule has 21 heavy (non-hydrogen) atoms. The van der Waals surface area contributed by atoms with Crippen molar-refractivity contribution >= 4 is 5.82 Å². The number of rotatable bonds is 5. The average molecular weight is 280 g/mol. The fourth-order valence-electron chi connectivity index (χ4n) is 2.00. The van der Waals surface area contributed by atoms with E-state index in [1.54, 1.807) is 0 Å². The molecule has 1 heterocycles. The Bertz CT molecular complexity index is 626. The molecule has 2 rings (SSSR count). The van der Waals surface area contributed by atoms with Crippen molar-refractivity contribution in [3.05, 3.63) is 53.5 Å². The maximum absolute atomic E-state index is 5.84. The third-order valence-corrected chi connectivity index (χ3v) is 3.15. The van der Waals surface area contributed by atoms with Crippen LogP contribution in [0.4, 0.5) is 5.82 Å². The number of anilines is 1. The fraction of sp³-hybridized carbons (Fsp3) is 0.294. The molecule has 4 heteroatoms. The number of nitrogens with zero attached hydrogens (tertiary/aromatic N) is 2. The molecule has 0 spiro atoms. The summed E-state index contributed by atoms with van der Waals surface area (Å²) in [5.74, 6) is 6.61. The molecule has 0 aliphatic carbocycles. The third kappa shape index (κ3) is 4.59. The second kappa shape index (κ2) is 8.03. The van der Waals surface area contributed by atoms with E-state index in [0.29, 0.717) is 12.4 Å². The Morgan fingerprint density at radius 1 is 1.19 bits per heavy atom. The quantitative estimate of drug-likeness (QED) is 0.647. The van der Waals surface area contributed by atoms with Gasteiger partial charge in [0.2, 0.25) is 0 Å². The lowest BCUT2D eigenvalue weighted by Gasteiger charge is -2.02. The van der Waals surface area contributed by atoms with E-state index in [1.807, 2.05) is 13.0 Å². The highest BCUT2D eigenvalue weighted by Gasteiger charge is 2.03. The normalized spacial score (nSPS) is 9.95. The highest BCUT2D eigenvalue weighted by Crippen LogP contribution is 2.10. The molecule has 1 aromatic heterocycles. The lowest BCUT2D eigenvalue weighted by molar-refractivity contribution is 0.753. The van der Waals surface area contributed by atoms with Crippen molar-refractivity contribution in [2.24, 2.45) is 0 Å². The van der Waals surface area contributed by atoms with Gasteiger partial charge in [-0.3, -0.25) is 0 Å². The van der Waals surface area contributed by atoms with Gasteiger partial charge in [0.05, 0.1) is 17.8 Å². The van der Waals surface area contributed by atoms with E-state index in [9.17, 15) is 0 Å². The van der Waals surface area contributed by atoms with E-state index in [-0.39, 0.29) is 0 Å². The minimum Gasteiger partial charge on any atom is -0.383 e. The summed E-state index contributed by atoms with van der Waals surface area (Å²) < 4.78 is 0. The molecule has 1 aromatic carbocycles. The van der Waals surface area contributed by atoms with Crippen LogP contribution in [0.1, 0.15) is 23.7 Å². The molecule has 3 N–H and O–H groups in total. The second-order valence-corrected chi connectivity index (χ2v) is 4.65. The molecule has 0 aliphatic rings. The van der Waals surface area contributed by atoms with Crippen LogP contribution in [0.3, 0.4) is 0 Å². The van der Waals surface area contributed by atoms with Crippen LogP contribution in [0.5, 0.6) is 0 Å². The number of nitrogens with one attached hydrogen (secondary N) is 1. The molecule has 2 aromatic rings. The van der Waals surface area contributed by atoms with Crippen molar-refractivity contribution in [2.75, 3.05) is 18.8 Å². The molecular weight excluding hydrogens is 260 g/mol. The molecule has 0 radical (unpaired) electrons. The lowest BCUT2D eigenvalue weighted by atomic mass is 10.1. The monoisotopic (exact) mass is 280 g/mol. The van der Waals surface area contributed by atoms with Crippen LogP contribution in [0.25, 0.3) is 0 Å². The van der Waals surface area contributed by atoms with Crippen LogP contribution in [0.15, 0.2) is 36.7 Å². The van der Waals surface area contributed by atoms with Gasteiger partial charge >= 0.3 is 0 Å². The smallest absolute Gasteiger partial charge is 0.142 e. The van der Waals surface area contributed by atoms with Gasteiger partial charge in [0.15, 0.2) is 0 Å². The predicted octanol–water partition coefficient (Wildman–Crippen LogP) is 1.80. The number of aryl methyl sites for hydroxylation is 1. The molecule has 0 bridgehead atoms. The summed E-state index contributed by atoms with van der Waals surface area (Å²) in [5, 5.41) is 3.31. The van der Waals surface area contributed by atoms with E-state index in [0.717, 1.165) is 30.6 Å². The van der Waals surface area contributed by atoms with E-state index < -0.39 is 0 Å². The van der Waals surface area contributed by atoms with Gasteiger partial charge in [-0.15, -0.1) is 0 Å². The molecule has 0 amide bonds. The Hall–Kier alpha value is -2.38. The van der Waals surface area contributed by atoms with Crippen molar-refractivity contribution in [3.8, 4) is 11.8 Å². The number of nitrogen functional groups attached to an aromatic ring is 1. The molecule has 0 fully saturated rings. The fourth-order valence-corrected chi connectivity index (χ4v) is 2.00. The first-order valence-corrected chi connectivity index (χ1v) is 7.14. The van der Waals surface area contributed by atoms with Crippen LogP contribution < -0.4 is 11.1 Å². The number of hydrogen-bond donors (Lipinski definition) is 2. The number of nitrogens with two attached hydrogens (primary N) is 1. The van der Waals surface area contributed by atoms with Gasteiger partial charge in [0.25, 0.3) is 0 Å². The summed E-state index contributed by atoms with van der Waals surface area (Å²) in [4.78, 5) is 8.18. The Kier molecular flexibility index (Phi) is 5.74. The summed E-state index contributed by atoms with van der Waals surface area (Å²) in [5.41, 5.74) is 8.82. The van der Waals surface area contributed by atoms with Crippen LogP contribution in [0.2, 0.25) is 0 Å². The number of benzene rings is 1. The minimum absolute atomic E-state index is 0.457. The highest BCUT2D eigenvalue weighted by atomic mass is 14.9. The standard InChI is InChI=1S/C17H20N4/c1-2-16-15(17(18)21-13-20-16)9-6-11-19-12-10-14-7-4-3-5-8-14/h3-5,7-8,13,19H,2,10-12H2,1H3,(H2,18,20,21). The number of aromatic nitrogens is 2. The van der Waals surface area contributed by atoms with Gasteiger partial charge in [-0.05, 0) is 18.4 Å². The van der Waals surface area contributed by atoms with Crippen molar-refractivity contribution in [3.63, 3.8) is 0 Å². The molecule has 4 nitrogen and oxygen atoms in total. The van der Waals surface area contributed by atoms with Crippen molar-refractivity contribution < 1.29 is 0 Å². The van der Waals surface area contributed by atoms with Gasteiger partial charge in [-0.25, -0.2) is 9.97 Å². The lowest BCUT2D eigenvalue weighted by Crippen LogP contribution is -2.17. The van der Waals surface area contributed by atoms with Crippen LogP contribution in [-0.4, -0.2) is 23.1 Å². The van der Waals surface area contributed by atoms with Crippen molar-refractivity contribution in [1.29, 1.82) is 0 Å². The molecule has 0 saturated heterocycles. The van der Waals surface area contributed by atoms with Gasteiger partial charge < -0.3 is 11.1 Å². The zero-order valence-electron chi connectivity index (χ0n) is 12.3. The van der Waals surface area contributed by atoms with Crippen LogP contribution in [-0.2, 0) is 12.8 Å². The number of hydrogen-bond acceptors (Lipinski definition) is 4. The Balaban J connectivity index is 1.82. The molecule has 0 unspecified atom stereocenters. The van der Waals surface area contributed by atoms with Crippen molar-refractivity contribution in [2.45, 2.75) is 19.8 Å². The molecular formula is C17H20N4. The molecule has 0 saturated carbocycles. The van der Waals surface area contributed by atoms with Gasteiger partial charge in [-0.2, -0.15) is 0 Å². The first-order valence-electron chi connectivity index (χ1n) is 7.14. The maximum Gasteiger partial charge on any atom is 0.142 e. The highest BCUT2D eigenvalue weighted by molar-refractivity contribution is 5.52. The summed E-state index contributed by atoms with van der Waals surface area (Å²) in [6, 6.07) is 10.4. The van der Waals surface area contributed by atoms with Gasteiger partial charge in [0.1, 0.15) is 12.1 Å². The zero-order chi connectivity index (χ0) is 14.9. The van der Waals surface area contributed by atoms with Crippen LogP contribution >= 0.6 is 0 Å². The van der Waals surface area contributed by atoms with E-state index in [4.69, 9.17) is 5.73 Å². The zero-order valence-corrected chi connectivity index (χ0v) is 12.3.